The van der Waals surface area contributed by atoms with Crippen LogP contribution < -0.4 is 14.5 Å². The first kappa shape index (κ1) is 27.7. The van der Waals surface area contributed by atoms with Gasteiger partial charge in [0.05, 0.1) is 38.5 Å². The first-order valence-corrected chi connectivity index (χ1v) is 13.6. The van der Waals surface area contributed by atoms with Gasteiger partial charge in [0, 0.05) is 30.1 Å². The van der Waals surface area contributed by atoms with E-state index in [1.807, 2.05) is 24.3 Å². The summed E-state index contributed by atoms with van der Waals surface area (Å²) in [6.07, 6.45) is 4.75. The van der Waals surface area contributed by atoms with E-state index in [4.69, 9.17) is 9.47 Å². The quantitative estimate of drug-likeness (QED) is 0.462. The zero-order valence-electron chi connectivity index (χ0n) is 22.8. The molecule has 2 aromatic carbocycles. The maximum absolute atomic E-state index is 13.9. The molecule has 10 nitrogen and oxygen atoms in total. The van der Waals surface area contributed by atoms with Crippen molar-refractivity contribution < 1.29 is 34.1 Å². The molecular weight excluding hydrogens is 514 g/mol. The number of methoxy groups -OCH3 is 1. The van der Waals surface area contributed by atoms with Gasteiger partial charge in [0.25, 0.3) is 5.91 Å². The molecule has 10 heteroatoms. The molecular formula is C30H35N3O7. The average Bonchev–Trinajstić information content (AvgIpc) is 3.67. The Labute approximate surface area is 233 Å². The van der Waals surface area contributed by atoms with Gasteiger partial charge in [0.15, 0.2) is 5.60 Å². The summed E-state index contributed by atoms with van der Waals surface area (Å²) in [6.45, 7) is 3.28. The highest BCUT2D eigenvalue weighted by molar-refractivity contribution is 6.07. The summed E-state index contributed by atoms with van der Waals surface area (Å²) in [5, 5.41) is 21.5. The second-order valence-corrected chi connectivity index (χ2v) is 10.5. The first-order valence-electron chi connectivity index (χ1n) is 13.6. The molecule has 0 aromatic heterocycles. The number of rotatable bonds is 9. The molecule has 0 spiro atoms. The van der Waals surface area contributed by atoms with Crippen LogP contribution in [-0.2, 0) is 26.5 Å². The molecule has 2 saturated heterocycles. The zero-order valence-corrected chi connectivity index (χ0v) is 22.8. The number of likely N-dealkylation sites (tertiary alicyclic amines) is 1. The Morgan fingerprint density at radius 1 is 1.23 bits per heavy atom. The minimum Gasteiger partial charge on any atom is -0.497 e. The molecule has 3 atom stereocenters. The average molecular weight is 550 g/mol. The highest BCUT2D eigenvalue weighted by atomic mass is 16.6. The second-order valence-electron chi connectivity index (χ2n) is 10.5. The van der Waals surface area contributed by atoms with Gasteiger partial charge in [-0.15, -0.1) is 0 Å². The minimum absolute atomic E-state index is 0.0560. The molecule has 0 bridgehead atoms. The van der Waals surface area contributed by atoms with Gasteiger partial charge in [-0.2, -0.15) is 0 Å². The van der Waals surface area contributed by atoms with E-state index in [0.717, 1.165) is 18.4 Å². The largest absolute Gasteiger partial charge is 0.497 e. The van der Waals surface area contributed by atoms with E-state index in [0.29, 0.717) is 42.4 Å². The molecule has 3 aliphatic heterocycles. The predicted molar refractivity (Wildman–Crippen MR) is 148 cm³/mol. The number of nitrogens with zero attached hydrogens (tertiary/aromatic N) is 3. The Hall–Kier alpha value is -3.89. The number of anilines is 2. The topological polar surface area (TPSA) is 120 Å². The fraction of sp³-hybridized carbons (Fsp3) is 0.433. The van der Waals surface area contributed by atoms with Gasteiger partial charge in [-0.3, -0.25) is 14.5 Å². The number of aliphatic hydroxyl groups is 2. The molecule has 0 aliphatic carbocycles. The van der Waals surface area contributed by atoms with Gasteiger partial charge in [0.2, 0.25) is 5.91 Å². The number of amides is 3. The second kappa shape index (κ2) is 11.3. The van der Waals surface area contributed by atoms with E-state index in [1.165, 1.54) is 7.11 Å². The van der Waals surface area contributed by atoms with Gasteiger partial charge in [-0.25, -0.2) is 4.79 Å². The molecule has 0 unspecified atom stereocenters. The minimum atomic E-state index is -1.87. The zero-order chi connectivity index (χ0) is 28.4. The number of cyclic esters (lactones) is 1. The smallest absolute Gasteiger partial charge is 0.414 e. The van der Waals surface area contributed by atoms with Crippen molar-refractivity contribution in [2.24, 2.45) is 5.92 Å². The van der Waals surface area contributed by atoms with Crippen molar-refractivity contribution in [1.82, 2.24) is 4.90 Å². The molecule has 3 amide bonds. The van der Waals surface area contributed by atoms with E-state index in [9.17, 15) is 24.6 Å². The summed E-state index contributed by atoms with van der Waals surface area (Å²) in [5.41, 5.74) is 0.591. The number of hydrogen-bond acceptors (Lipinski definition) is 7. The van der Waals surface area contributed by atoms with Gasteiger partial charge in [0.1, 0.15) is 12.4 Å². The number of fused-ring (bicyclic) bond motifs is 1. The molecule has 212 valence electrons. The molecule has 5 rings (SSSR count). The van der Waals surface area contributed by atoms with Crippen LogP contribution in [0.5, 0.6) is 5.75 Å². The maximum atomic E-state index is 13.9. The van der Waals surface area contributed by atoms with Crippen molar-refractivity contribution in [3.63, 3.8) is 0 Å². The van der Waals surface area contributed by atoms with E-state index >= 15 is 0 Å². The van der Waals surface area contributed by atoms with Gasteiger partial charge < -0.3 is 29.5 Å². The maximum Gasteiger partial charge on any atom is 0.414 e. The third kappa shape index (κ3) is 4.93. The van der Waals surface area contributed by atoms with Crippen LogP contribution in [0, 0.1) is 5.92 Å². The highest BCUT2D eigenvalue weighted by Gasteiger charge is 2.52. The van der Waals surface area contributed by atoms with Crippen LogP contribution in [0.4, 0.5) is 16.2 Å². The fourth-order valence-corrected chi connectivity index (χ4v) is 5.83. The number of ether oxygens (including phenoxy) is 2. The Balaban J connectivity index is 1.39. The Bertz CT molecular complexity index is 1330. The van der Waals surface area contributed by atoms with Crippen LogP contribution >= 0.6 is 0 Å². The summed E-state index contributed by atoms with van der Waals surface area (Å²) in [7, 11) is 1.52. The summed E-state index contributed by atoms with van der Waals surface area (Å²) < 4.78 is 10.5. The lowest BCUT2D eigenvalue weighted by Gasteiger charge is -2.28. The van der Waals surface area contributed by atoms with Crippen LogP contribution in [0.3, 0.4) is 0 Å². The molecule has 2 fully saturated rings. The van der Waals surface area contributed by atoms with Crippen LogP contribution in [0.2, 0.25) is 0 Å². The molecule has 40 heavy (non-hydrogen) atoms. The third-order valence-corrected chi connectivity index (χ3v) is 8.08. The van der Waals surface area contributed by atoms with E-state index < -0.39 is 23.5 Å². The third-order valence-electron chi connectivity index (χ3n) is 8.08. The number of carbonyl (C=O) groups excluding carboxylic acids is 3. The number of hydrogen-bond donors (Lipinski definition) is 2. The lowest BCUT2D eigenvalue weighted by atomic mass is 9.83. The summed E-state index contributed by atoms with van der Waals surface area (Å²) in [6, 6.07) is 12.4. The number of aliphatic hydroxyl groups excluding tert-OH is 1. The fourth-order valence-electron chi connectivity index (χ4n) is 5.83. The Kier molecular flexibility index (Phi) is 7.82. The van der Waals surface area contributed by atoms with Crippen molar-refractivity contribution in [3.8, 4) is 5.75 Å². The SMILES string of the molecule is COc1ccc2c(c1)[C@@](O)([C@H](C)/C=C/CC(=O)N1CCC[C@H]1CO)C(=O)N2Cc1cccc(N2CCOC2=O)c1. The lowest BCUT2D eigenvalue weighted by molar-refractivity contribution is -0.139. The van der Waals surface area contributed by atoms with E-state index in [2.05, 4.69) is 0 Å². The van der Waals surface area contributed by atoms with Crippen molar-refractivity contribution in [3.05, 3.63) is 65.7 Å². The van der Waals surface area contributed by atoms with Crippen LogP contribution in [0.25, 0.3) is 0 Å². The summed E-state index contributed by atoms with van der Waals surface area (Å²) in [4.78, 5) is 43.5. The standard InChI is InChI=1S/C30H35N3O7/c1-20(6-3-10-27(35)31-13-5-9-23(31)19-34)30(38)25-17-24(39-2)11-12-26(25)33(28(30)36)18-21-7-4-8-22(16-21)32-14-15-40-29(32)37/h3-4,6-8,11-12,16-17,20,23,34,38H,5,9-10,13-15,18-19H2,1-2H3/b6-3+/t20-,23+,30+/m1/s1. The number of benzene rings is 2. The molecule has 0 radical (unpaired) electrons. The van der Waals surface area contributed by atoms with E-state index in [1.54, 1.807) is 52.0 Å². The predicted octanol–water partition coefficient (Wildman–Crippen LogP) is 2.95. The van der Waals surface area contributed by atoms with Crippen molar-refractivity contribution in [2.45, 2.75) is 44.4 Å². The van der Waals surface area contributed by atoms with Crippen molar-refractivity contribution in [2.75, 3.05) is 43.2 Å². The van der Waals surface area contributed by atoms with Crippen molar-refractivity contribution >= 4 is 29.3 Å². The van der Waals surface area contributed by atoms with Crippen LogP contribution in [0.15, 0.2) is 54.6 Å². The normalized spacial score (nSPS) is 23.2. The van der Waals surface area contributed by atoms with Crippen LogP contribution in [-0.4, -0.2) is 72.5 Å². The Morgan fingerprint density at radius 3 is 2.77 bits per heavy atom. The Morgan fingerprint density at radius 2 is 2.05 bits per heavy atom. The van der Waals surface area contributed by atoms with Gasteiger partial charge >= 0.3 is 6.09 Å². The molecule has 2 N–H and O–H groups in total. The molecule has 0 saturated carbocycles. The van der Waals surface area contributed by atoms with Crippen molar-refractivity contribution in [1.29, 1.82) is 0 Å². The monoisotopic (exact) mass is 549 g/mol. The van der Waals surface area contributed by atoms with Crippen LogP contribution in [0.1, 0.15) is 37.3 Å². The summed E-state index contributed by atoms with van der Waals surface area (Å²) >= 11 is 0. The van der Waals surface area contributed by atoms with Gasteiger partial charge in [-0.05, 0) is 48.7 Å². The van der Waals surface area contributed by atoms with Gasteiger partial charge in [-0.1, -0.05) is 31.2 Å². The number of carbonyl (C=O) groups is 3. The summed E-state index contributed by atoms with van der Waals surface area (Å²) in [5.74, 6) is -0.710. The molecule has 3 heterocycles. The molecule has 3 aliphatic rings. The first-order chi connectivity index (χ1) is 19.3. The molecule has 2 aromatic rings. The van der Waals surface area contributed by atoms with E-state index in [-0.39, 0.29) is 31.5 Å². The lowest BCUT2D eigenvalue weighted by Crippen LogP contribution is -2.44. The highest BCUT2D eigenvalue weighted by Crippen LogP contribution is 2.47.